The van der Waals surface area contributed by atoms with E-state index in [9.17, 15) is 4.79 Å². The number of nitrogens with one attached hydrogen (secondary N) is 2. The van der Waals surface area contributed by atoms with Crippen LogP contribution >= 0.6 is 0 Å². The van der Waals surface area contributed by atoms with Gasteiger partial charge in [-0.3, -0.25) is 4.79 Å². The van der Waals surface area contributed by atoms with Gasteiger partial charge in [0.1, 0.15) is 0 Å². The van der Waals surface area contributed by atoms with E-state index in [-0.39, 0.29) is 5.91 Å². The van der Waals surface area contributed by atoms with E-state index in [0.717, 1.165) is 19.0 Å². The molecule has 1 saturated carbocycles. The van der Waals surface area contributed by atoms with Gasteiger partial charge in [0.2, 0.25) is 5.91 Å². The minimum atomic E-state index is 0.0558. The van der Waals surface area contributed by atoms with Crippen molar-refractivity contribution in [3.8, 4) is 0 Å². The molecule has 0 unspecified atom stereocenters. The van der Waals surface area contributed by atoms with Gasteiger partial charge in [-0.15, -0.1) is 0 Å². The minimum absolute atomic E-state index is 0.0558. The van der Waals surface area contributed by atoms with E-state index in [1.54, 1.807) is 6.92 Å². The Bertz CT molecular complexity index is 188. The van der Waals surface area contributed by atoms with Crippen molar-refractivity contribution in [2.24, 2.45) is 5.92 Å². The van der Waals surface area contributed by atoms with E-state index in [0.29, 0.717) is 6.04 Å². The second-order valence-corrected chi connectivity index (χ2v) is 4.72. The topological polar surface area (TPSA) is 41.1 Å². The van der Waals surface area contributed by atoms with Gasteiger partial charge in [-0.2, -0.15) is 0 Å². The van der Waals surface area contributed by atoms with Crippen LogP contribution in [0.4, 0.5) is 0 Å². The zero-order valence-electron chi connectivity index (χ0n) is 10.0. The van der Waals surface area contributed by atoms with Crippen LogP contribution in [0, 0.1) is 5.92 Å². The summed E-state index contributed by atoms with van der Waals surface area (Å²) in [6, 6.07) is 0.585. The van der Waals surface area contributed by atoms with E-state index in [2.05, 4.69) is 17.6 Å². The molecule has 0 spiro atoms. The Kier molecular flexibility index (Phi) is 5.69. The van der Waals surface area contributed by atoms with Gasteiger partial charge in [0, 0.05) is 26.1 Å². The molecule has 0 saturated heterocycles. The van der Waals surface area contributed by atoms with Crippen molar-refractivity contribution < 1.29 is 4.79 Å². The number of amides is 1. The Hall–Kier alpha value is -0.570. The lowest BCUT2D eigenvalue weighted by Crippen LogP contribution is -2.35. The maximum Gasteiger partial charge on any atom is 0.216 e. The summed E-state index contributed by atoms with van der Waals surface area (Å²) in [7, 11) is 0. The Morgan fingerprint density at radius 1 is 1.33 bits per heavy atom. The summed E-state index contributed by atoms with van der Waals surface area (Å²) in [6.45, 7) is 5.42. The molecule has 1 atom stereocenters. The van der Waals surface area contributed by atoms with Crippen LogP contribution in [0.15, 0.2) is 0 Å². The van der Waals surface area contributed by atoms with Crippen LogP contribution in [0.1, 0.15) is 46.0 Å². The maximum absolute atomic E-state index is 10.6. The Morgan fingerprint density at radius 2 is 2.00 bits per heavy atom. The zero-order valence-corrected chi connectivity index (χ0v) is 10.0. The molecule has 0 radical (unpaired) electrons. The van der Waals surface area contributed by atoms with E-state index in [4.69, 9.17) is 0 Å². The summed E-state index contributed by atoms with van der Waals surface area (Å²) in [6.07, 6.45) is 6.96. The monoisotopic (exact) mass is 212 g/mol. The molecule has 2 N–H and O–H groups in total. The van der Waals surface area contributed by atoms with Crippen molar-refractivity contribution in [2.45, 2.75) is 52.0 Å². The van der Waals surface area contributed by atoms with Crippen molar-refractivity contribution in [3.05, 3.63) is 0 Å². The summed E-state index contributed by atoms with van der Waals surface area (Å²) in [5.74, 6) is 0.994. The average molecular weight is 212 g/mol. The summed E-state index contributed by atoms with van der Waals surface area (Å²) < 4.78 is 0. The molecule has 0 heterocycles. The standard InChI is InChI=1S/C12H24N2O/c1-10(9-12-5-3-4-6-12)13-7-8-14-11(2)15/h10,12-13H,3-9H2,1-2H3,(H,14,15)/t10-/m0/s1. The van der Waals surface area contributed by atoms with Crippen LogP contribution in [0.3, 0.4) is 0 Å². The number of carbonyl (C=O) groups excluding carboxylic acids is 1. The third-order valence-electron chi connectivity index (χ3n) is 3.15. The molecular weight excluding hydrogens is 188 g/mol. The van der Waals surface area contributed by atoms with E-state index >= 15 is 0 Å². The van der Waals surface area contributed by atoms with Gasteiger partial charge in [-0.05, 0) is 19.3 Å². The first-order valence-electron chi connectivity index (χ1n) is 6.16. The van der Waals surface area contributed by atoms with Gasteiger partial charge in [0.05, 0.1) is 0 Å². The zero-order chi connectivity index (χ0) is 11.1. The van der Waals surface area contributed by atoms with Crippen molar-refractivity contribution in [1.82, 2.24) is 10.6 Å². The largest absolute Gasteiger partial charge is 0.355 e. The first-order chi connectivity index (χ1) is 7.18. The fraction of sp³-hybridized carbons (Fsp3) is 0.917. The fourth-order valence-electron chi connectivity index (χ4n) is 2.39. The predicted molar refractivity (Wildman–Crippen MR) is 62.7 cm³/mol. The molecule has 15 heavy (non-hydrogen) atoms. The summed E-state index contributed by atoms with van der Waals surface area (Å²) in [5, 5.41) is 6.24. The quantitative estimate of drug-likeness (QED) is 0.658. The van der Waals surface area contributed by atoms with Crippen LogP contribution in [0.5, 0.6) is 0 Å². The molecular formula is C12H24N2O. The molecule has 1 amide bonds. The Morgan fingerprint density at radius 3 is 2.60 bits per heavy atom. The first kappa shape index (κ1) is 12.5. The van der Waals surface area contributed by atoms with Crippen molar-refractivity contribution in [1.29, 1.82) is 0 Å². The van der Waals surface area contributed by atoms with Crippen molar-refractivity contribution in [2.75, 3.05) is 13.1 Å². The predicted octanol–water partition coefficient (Wildman–Crippen LogP) is 1.68. The molecule has 0 aromatic heterocycles. The van der Waals surface area contributed by atoms with Gasteiger partial charge in [-0.1, -0.05) is 25.7 Å². The molecule has 0 bridgehead atoms. The summed E-state index contributed by atoms with van der Waals surface area (Å²) >= 11 is 0. The molecule has 1 aliphatic carbocycles. The second-order valence-electron chi connectivity index (χ2n) is 4.72. The third kappa shape index (κ3) is 5.78. The van der Waals surface area contributed by atoms with Gasteiger partial charge >= 0.3 is 0 Å². The average Bonchev–Trinajstić information content (AvgIpc) is 2.64. The summed E-state index contributed by atoms with van der Waals surface area (Å²) in [5.41, 5.74) is 0. The molecule has 0 aromatic carbocycles. The molecule has 0 aliphatic heterocycles. The van der Waals surface area contributed by atoms with Crippen molar-refractivity contribution in [3.63, 3.8) is 0 Å². The van der Waals surface area contributed by atoms with Crippen molar-refractivity contribution >= 4 is 5.91 Å². The number of hydrogen-bond donors (Lipinski definition) is 2. The van der Waals surface area contributed by atoms with Gasteiger partial charge in [0.25, 0.3) is 0 Å². The highest BCUT2D eigenvalue weighted by Crippen LogP contribution is 2.28. The number of hydrogen-bond acceptors (Lipinski definition) is 2. The summed E-state index contributed by atoms with van der Waals surface area (Å²) in [4.78, 5) is 10.6. The molecule has 1 aliphatic rings. The van der Waals surface area contributed by atoms with E-state index in [1.807, 2.05) is 0 Å². The number of rotatable bonds is 6. The fourth-order valence-corrected chi connectivity index (χ4v) is 2.39. The van der Waals surface area contributed by atoms with E-state index in [1.165, 1.54) is 32.1 Å². The highest BCUT2D eigenvalue weighted by Gasteiger charge is 2.17. The lowest BCUT2D eigenvalue weighted by Gasteiger charge is -2.17. The van der Waals surface area contributed by atoms with Gasteiger partial charge < -0.3 is 10.6 Å². The van der Waals surface area contributed by atoms with Crippen LogP contribution in [-0.4, -0.2) is 25.0 Å². The molecule has 1 fully saturated rings. The highest BCUT2D eigenvalue weighted by atomic mass is 16.1. The lowest BCUT2D eigenvalue weighted by molar-refractivity contribution is -0.118. The molecule has 3 nitrogen and oxygen atoms in total. The van der Waals surface area contributed by atoms with Crippen LogP contribution in [0.2, 0.25) is 0 Å². The first-order valence-corrected chi connectivity index (χ1v) is 6.16. The van der Waals surface area contributed by atoms with E-state index < -0.39 is 0 Å². The third-order valence-corrected chi connectivity index (χ3v) is 3.15. The molecule has 0 aromatic rings. The normalized spacial score (nSPS) is 19.1. The number of carbonyl (C=O) groups is 1. The highest BCUT2D eigenvalue weighted by molar-refractivity contribution is 5.72. The SMILES string of the molecule is CC(=O)NCCN[C@@H](C)CC1CCCC1. The minimum Gasteiger partial charge on any atom is -0.355 e. The molecule has 1 rings (SSSR count). The Labute approximate surface area is 93.0 Å². The van der Waals surface area contributed by atoms with Crippen LogP contribution in [-0.2, 0) is 4.79 Å². The van der Waals surface area contributed by atoms with Gasteiger partial charge in [0.15, 0.2) is 0 Å². The molecule has 3 heteroatoms. The Balaban J connectivity index is 1.97. The molecule has 88 valence electrons. The maximum atomic E-state index is 10.6. The van der Waals surface area contributed by atoms with Crippen LogP contribution < -0.4 is 10.6 Å². The van der Waals surface area contributed by atoms with Gasteiger partial charge in [-0.25, -0.2) is 0 Å². The lowest BCUT2D eigenvalue weighted by atomic mass is 9.99. The van der Waals surface area contributed by atoms with Crippen LogP contribution in [0.25, 0.3) is 0 Å². The second kappa shape index (κ2) is 6.83. The smallest absolute Gasteiger partial charge is 0.216 e.